The van der Waals surface area contributed by atoms with Gasteiger partial charge in [-0.2, -0.15) is 0 Å². The molecule has 4 nitrogen and oxygen atoms in total. The van der Waals surface area contributed by atoms with Gasteiger partial charge in [-0.05, 0) is 36.7 Å². The maximum absolute atomic E-state index is 12.8. The average molecular weight is 325 g/mol. The molecule has 2 saturated carbocycles. The van der Waals surface area contributed by atoms with Crippen LogP contribution in [-0.4, -0.2) is 23.5 Å². The highest BCUT2D eigenvalue weighted by Crippen LogP contribution is 2.48. The van der Waals surface area contributed by atoms with Crippen molar-refractivity contribution in [1.82, 2.24) is 5.32 Å². The minimum atomic E-state index is -0.839. The van der Waals surface area contributed by atoms with Crippen LogP contribution in [0.3, 0.4) is 0 Å². The minimum Gasteiger partial charge on any atom is -0.481 e. The first-order chi connectivity index (χ1) is 11.6. The minimum absolute atomic E-state index is 0.0232. The smallest absolute Gasteiger partial charge is 0.307 e. The number of benzene rings is 1. The number of rotatable bonds is 5. The Morgan fingerprint density at radius 2 is 1.75 bits per heavy atom. The van der Waals surface area contributed by atoms with Crippen molar-refractivity contribution in [3.05, 3.63) is 48.0 Å². The number of hydrogen-bond acceptors (Lipinski definition) is 2. The fourth-order valence-electron chi connectivity index (χ4n) is 4.85. The number of carboxylic acid groups (broad SMARTS) is 1. The van der Waals surface area contributed by atoms with Crippen molar-refractivity contribution in [3.8, 4) is 0 Å². The molecule has 1 amide bonds. The predicted octanol–water partition coefficient (Wildman–Crippen LogP) is 2.75. The fourth-order valence-corrected chi connectivity index (χ4v) is 4.85. The Hall–Kier alpha value is -2.10. The van der Waals surface area contributed by atoms with Crippen molar-refractivity contribution in [1.29, 1.82) is 0 Å². The monoisotopic (exact) mass is 325 g/mol. The Balaban J connectivity index is 1.47. The molecule has 0 saturated heterocycles. The Labute approximate surface area is 142 Å². The third-order valence-electron chi connectivity index (χ3n) is 6.34. The first kappa shape index (κ1) is 15.4. The van der Waals surface area contributed by atoms with Crippen molar-refractivity contribution < 1.29 is 14.7 Å². The molecule has 0 aromatic heterocycles. The number of amides is 1. The zero-order chi connectivity index (χ0) is 16.7. The quantitative estimate of drug-likeness (QED) is 0.818. The molecule has 3 aliphatic carbocycles. The Bertz CT molecular complexity index is 677. The van der Waals surface area contributed by atoms with Gasteiger partial charge in [0.15, 0.2) is 0 Å². The summed E-state index contributed by atoms with van der Waals surface area (Å²) in [6.45, 7) is 0.611. The molecule has 4 atom stereocenters. The molecule has 0 spiro atoms. The molecule has 24 heavy (non-hydrogen) atoms. The molecule has 1 aromatic carbocycles. The van der Waals surface area contributed by atoms with E-state index in [1.165, 1.54) is 12.0 Å². The van der Waals surface area contributed by atoms with E-state index in [2.05, 4.69) is 17.4 Å². The summed E-state index contributed by atoms with van der Waals surface area (Å²) in [5.41, 5.74) is 1.31. The van der Waals surface area contributed by atoms with E-state index < -0.39 is 17.8 Å². The summed E-state index contributed by atoms with van der Waals surface area (Å²) in [5.74, 6) is -1.78. The topological polar surface area (TPSA) is 66.4 Å². The van der Waals surface area contributed by atoms with E-state index in [9.17, 15) is 14.7 Å². The van der Waals surface area contributed by atoms with E-state index in [1.807, 2.05) is 30.4 Å². The molecule has 0 radical (unpaired) electrons. The van der Waals surface area contributed by atoms with Gasteiger partial charge in [0, 0.05) is 12.0 Å². The molecule has 4 heteroatoms. The van der Waals surface area contributed by atoms with Gasteiger partial charge in [0.2, 0.25) is 5.91 Å². The highest BCUT2D eigenvalue weighted by molar-refractivity contribution is 5.87. The van der Waals surface area contributed by atoms with E-state index in [1.54, 1.807) is 0 Å². The van der Waals surface area contributed by atoms with Crippen LogP contribution >= 0.6 is 0 Å². The second-order valence-electron chi connectivity index (χ2n) is 7.56. The molecular formula is C20H23NO3. The van der Waals surface area contributed by atoms with Crippen molar-refractivity contribution in [2.24, 2.45) is 23.7 Å². The Morgan fingerprint density at radius 1 is 1.08 bits per heavy atom. The van der Waals surface area contributed by atoms with Gasteiger partial charge in [0.05, 0.1) is 11.8 Å². The summed E-state index contributed by atoms with van der Waals surface area (Å²) < 4.78 is 0. The molecule has 1 aromatic rings. The molecule has 2 bridgehead atoms. The van der Waals surface area contributed by atoms with E-state index in [4.69, 9.17) is 0 Å². The lowest BCUT2D eigenvalue weighted by atomic mass is 9.64. The van der Waals surface area contributed by atoms with Crippen molar-refractivity contribution in [2.75, 3.05) is 6.54 Å². The largest absolute Gasteiger partial charge is 0.481 e. The molecule has 4 unspecified atom stereocenters. The van der Waals surface area contributed by atoms with Crippen molar-refractivity contribution >= 4 is 11.9 Å². The maximum atomic E-state index is 12.8. The van der Waals surface area contributed by atoms with Gasteiger partial charge in [-0.15, -0.1) is 0 Å². The van der Waals surface area contributed by atoms with Gasteiger partial charge in [-0.3, -0.25) is 9.59 Å². The number of nitrogens with one attached hydrogen (secondary N) is 1. The SMILES string of the molecule is O=C(O)C1C2C=CC(C2)C1C(=O)NCC1(c2ccccc2)CCC1. The summed E-state index contributed by atoms with van der Waals surface area (Å²) >= 11 is 0. The predicted molar refractivity (Wildman–Crippen MR) is 90.3 cm³/mol. The first-order valence-electron chi connectivity index (χ1n) is 8.85. The van der Waals surface area contributed by atoms with E-state index in [0.717, 1.165) is 19.3 Å². The second-order valence-corrected chi connectivity index (χ2v) is 7.56. The van der Waals surface area contributed by atoms with Crippen LogP contribution < -0.4 is 5.32 Å². The van der Waals surface area contributed by atoms with Crippen LogP contribution in [0.5, 0.6) is 0 Å². The molecular weight excluding hydrogens is 302 g/mol. The number of fused-ring (bicyclic) bond motifs is 2. The first-order valence-corrected chi connectivity index (χ1v) is 8.85. The molecule has 126 valence electrons. The van der Waals surface area contributed by atoms with Gasteiger partial charge < -0.3 is 10.4 Å². The normalized spacial score (nSPS) is 32.3. The Kier molecular flexibility index (Phi) is 3.70. The van der Waals surface area contributed by atoms with Gasteiger partial charge in [-0.1, -0.05) is 48.9 Å². The summed E-state index contributed by atoms with van der Waals surface area (Å²) in [6, 6.07) is 10.3. The summed E-state index contributed by atoms with van der Waals surface area (Å²) in [7, 11) is 0. The van der Waals surface area contributed by atoms with Crippen LogP contribution in [0.15, 0.2) is 42.5 Å². The summed E-state index contributed by atoms with van der Waals surface area (Å²) in [5, 5.41) is 12.6. The van der Waals surface area contributed by atoms with Crippen molar-refractivity contribution in [3.63, 3.8) is 0 Å². The number of allylic oxidation sites excluding steroid dienone is 2. The molecule has 3 aliphatic rings. The maximum Gasteiger partial charge on any atom is 0.307 e. The molecule has 4 rings (SSSR count). The van der Waals surface area contributed by atoms with E-state index in [-0.39, 0.29) is 23.2 Å². The highest BCUT2D eigenvalue weighted by atomic mass is 16.4. The van der Waals surface area contributed by atoms with Crippen LogP contribution in [0.4, 0.5) is 0 Å². The Morgan fingerprint density at radius 3 is 2.33 bits per heavy atom. The van der Waals surface area contributed by atoms with Gasteiger partial charge in [0.1, 0.15) is 0 Å². The van der Waals surface area contributed by atoms with Crippen LogP contribution in [0.2, 0.25) is 0 Å². The number of hydrogen-bond donors (Lipinski definition) is 2. The van der Waals surface area contributed by atoms with Crippen LogP contribution in [0.1, 0.15) is 31.2 Å². The standard InChI is InChI=1S/C20H23NO3/c22-18(16-13-7-8-14(11-13)17(16)19(23)24)21-12-20(9-4-10-20)15-5-2-1-3-6-15/h1-3,5-8,13-14,16-17H,4,9-12H2,(H,21,22)(H,23,24). The third kappa shape index (κ3) is 2.36. The summed E-state index contributed by atoms with van der Waals surface area (Å²) in [4.78, 5) is 24.3. The molecule has 2 N–H and O–H groups in total. The summed E-state index contributed by atoms with van der Waals surface area (Å²) in [6.07, 6.45) is 8.15. The molecule has 0 aliphatic heterocycles. The highest BCUT2D eigenvalue weighted by Gasteiger charge is 2.52. The van der Waals surface area contributed by atoms with Crippen LogP contribution in [0, 0.1) is 23.7 Å². The lowest BCUT2D eigenvalue weighted by Crippen LogP contribution is -2.48. The second kappa shape index (κ2) is 5.76. The number of aliphatic carboxylic acids is 1. The van der Waals surface area contributed by atoms with E-state index >= 15 is 0 Å². The molecule has 0 heterocycles. The third-order valence-corrected chi connectivity index (χ3v) is 6.34. The fraction of sp³-hybridized carbons (Fsp3) is 0.500. The lowest BCUT2D eigenvalue weighted by molar-refractivity contribution is -0.147. The van der Waals surface area contributed by atoms with Crippen LogP contribution in [-0.2, 0) is 15.0 Å². The lowest BCUT2D eigenvalue weighted by Gasteiger charge is -2.43. The van der Waals surface area contributed by atoms with Crippen LogP contribution in [0.25, 0.3) is 0 Å². The van der Waals surface area contributed by atoms with Crippen molar-refractivity contribution in [2.45, 2.75) is 31.1 Å². The number of carboxylic acids is 1. The number of carbonyl (C=O) groups is 2. The molecule has 2 fully saturated rings. The van der Waals surface area contributed by atoms with E-state index in [0.29, 0.717) is 6.54 Å². The zero-order valence-electron chi connectivity index (χ0n) is 13.7. The van der Waals surface area contributed by atoms with Gasteiger partial charge in [-0.25, -0.2) is 0 Å². The zero-order valence-corrected chi connectivity index (χ0v) is 13.7. The van der Waals surface area contributed by atoms with Gasteiger partial charge in [0.25, 0.3) is 0 Å². The number of carbonyl (C=O) groups excluding carboxylic acids is 1. The van der Waals surface area contributed by atoms with Gasteiger partial charge >= 0.3 is 5.97 Å². The average Bonchev–Trinajstić information content (AvgIpc) is 3.15.